The fourth-order valence-electron chi connectivity index (χ4n) is 10.3. The molecular weight excluding hydrogens is 632 g/mol. The summed E-state index contributed by atoms with van der Waals surface area (Å²) in [7, 11) is 0. The molecule has 2 amide bonds. The average Bonchev–Trinajstić information content (AvgIpc) is 3.73. The fourth-order valence-corrected chi connectivity index (χ4v) is 10.3. The molecule has 0 aromatic heterocycles. The van der Waals surface area contributed by atoms with Gasteiger partial charge >= 0.3 is 11.9 Å². The number of rotatable bonds is 8. The van der Waals surface area contributed by atoms with Gasteiger partial charge in [0, 0.05) is 30.8 Å². The van der Waals surface area contributed by atoms with Crippen LogP contribution in [-0.2, 0) is 40.0 Å². The van der Waals surface area contributed by atoms with E-state index in [0.717, 1.165) is 43.4 Å². The Bertz CT molecular complexity index is 1640. The number of ketones is 1. The molecule has 8 atom stereocenters. The number of Topliss-reactive ketones (excluding diaryl/α,β-unsaturated/α-hetero) is 1. The number of ether oxygens (including phenoxy) is 1. The molecule has 12 nitrogen and oxygen atoms in total. The molecule has 1 saturated heterocycles. The van der Waals surface area contributed by atoms with Gasteiger partial charge in [0.2, 0.25) is 0 Å². The van der Waals surface area contributed by atoms with Crippen LogP contribution in [0.15, 0.2) is 41.1 Å². The number of oxime groups is 1. The second kappa shape index (κ2) is 12.5. The van der Waals surface area contributed by atoms with Crippen molar-refractivity contribution in [2.24, 2.45) is 39.7 Å². The number of benzene rings is 1. The third-order valence-corrected chi connectivity index (χ3v) is 13.1. The summed E-state index contributed by atoms with van der Waals surface area (Å²) in [6.07, 6.45) is 6.87. The van der Waals surface area contributed by atoms with Crippen LogP contribution in [-0.4, -0.2) is 75.4 Å². The Labute approximate surface area is 284 Å². The number of carbonyl (C=O) groups is 5. The number of fused-ring (bicyclic) bond motifs is 5. The number of carbonyl (C=O) groups excluding carboxylic acids is 5. The molecule has 5 fully saturated rings. The first kappa shape index (κ1) is 33.6. The first-order chi connectivity index (χ1) is 23.3. The van der Waals surface area contributed by atoms with Gasteiger partial charge in [-0.15, -0.1) is 5.06 Å². The van der Waals surface area contributed by atoms with Gasteiger partial charge in [-0.25, -0.2) is 9.59 Å². The van der Waals surface area contributed by atoms with Crippen LogP contribution in [0.1, 0.15) is 94.0 Å². The molecule has 6 unspecified atom stereocenters. The lowest BCUT2D eigenvalue weighted by Gasteiger charge is -2.64. The summed E-state index contributed by atoms with van der Waals surface area (Å²) in [5, 5.41) is 29.1. The van der Waals surface area contributed by atoms with E-state index in [2.05, 4.69) is 12.1 Å². The van der Waals surface area contributed by atoms with E-state index in [9.17, 15) is 34.2 Å². The largest absolute Gasteiger partial charge is 0.458 e. The van der Waals surface area contributed by atoms with Crippen molar-refractivity contribution >= 4 is 35.2 Å². The molecule has 0 radical (unpaired) electrons. The zero-order valence-electron chi connectivity index (χ0n) is 28.0. The highest BCUT2D eigenvalue weighted by molar-refractivity contribution is 6.02. The van der Waals surface area contributed by atoms with E-state index < -0.39 is 34.9 Å². The smallest absolute Gasteiger partial charge is 0.363 e. The molecule has 2 N–H and O–H groups in total. The Morgan fingerprint density at radius 2 is 1.82 bits per heavy atom. The van der Waals surface area contributed by atoms with Crippen LogP contribution in [0.4, 0.5) is 0 Å². The normalized spacial score (nSPS) is 37.7. The topological polar surface area (TPSA) is 169 Å². The van der Waals surface area contributed by atoms with Crippen LogP contribution < -0.4 is 0 Å². The van der Waals surface area contributed by atoms with Gasteiger partial charge in [0.1, 0.15) is 6.61 Å². The predicted molar refractivity (Wildman–Crippen MR) is 172 cm³/mol. The summed E-state index contributed by atoms with van der Waals surface area (Å²) in [5.41, 5.74) is 0.627. The maximum absolute atomic E-state index is 12.8. The van der Waals surface area contributed by atoms with Gasteiger partial charge in [-0.1, -0.05) is 31.1 Å². The minimum absolute atomic E-state index is 0.00127. The van der Waals surface area contributed by atoms with Gasteiger partial charge in [-0.3, -0.25) is 14.4 Å². The van der Waals surface area contributed by atoms with Gasteiger partial charge in [0.05, 0.1) is 23.0 Å². The highest BCUT2D eigenvalue weighted by Crippen LogP contribution is 2.69. The van der Waals surface area contributed by atoms with Crippen LogP contribution in [0.25, 0.3) is 0 Å². The van der Waals surface area contributed by atoms with Crippen molar-refractivity contribution in [1.82, 2.24) is 5.06 Å². The molecule has 7 rings (SSSR count). The van der Waals surface area contributed by atoms with Crippen molar-refractivity contribution in [3.05, 3.63) is 47.0 Å². The van der Waals surface area contributed by atoms with Crippen LogP contribution in [0.3, 0.4) is 0 Å². The molecule has 4 aliphatic carbocycles. The summed E-state index contributed by atoms with van der Waals surface area (Å²) >= 11 is 0. The van der Waals surface area contributed by atoms with Gasteiger partial charge < -0.3 is 24.6 Å². The number of aliphatic hydroxyl groups is 2. The molecule has 12 heteroatoms. The van der Waals surface area contributed by atoms with Crippen LogP contribution in [0, 0.1) is 34.5 Å². The number of nitrogens with zero attached hydrogens (tertiary/aromatic N) is 2. The number of hydroxylamine groups is 2. The third kappa shape index (κ3) is 5.60. The molecule has 2 heterocycles. The Hall–Kier alpha value is -3.90. The average molecular weight is 677 g/mol. The van der Waals surface area contributed by atoms with Gasteiger partial charge in [0.15, 0.2) is 12.4 Å². The lowest BCUT2D eigenvalue weighted by molar-refractivity contribution is -0.240. The summed E-state index contributed by atoms with van der Waals surface area (Å²) in [5.74, 6) is -2.12. The van der Waals surface area contributed by atoms with Crippen molar-refractivity contribution in [1.29, 1.82) is 0 Å². The van der Waals surface area contributed by atoms with E-state index in [4.69, 9.17) is 14.4 Å². The Kier molecular flexibility index (Phi) is 8.54. The molecule has 2 aliphatic heterocycles. The first-order valence-electron chi connectivity index (χ1n) is 17.5. The number of aliphatic hydroxyl groups excluding tert-OH is 1. The standard InChI is InChI=1S/C37H44N2O10/c1-35-12-10-25(38-48-20-26(40)15-21-4-3-5-22(14-21)34(45)49-39-31(42)8-9-32(39)43)17-24(35)6-7-28-29(35)18-30(41)36(2)27(11-13-37(28,36)46)23-16-33(44)47-19-23/h3-5,14,16,24,27-30,41,46H,6-13,15,17-20H2,1-2H3/t24?,27?,28?,29?,30?,35-,36-,37?/m0/s1. The SMILES string of the molecule is C[C@]12CCC(=NOCC(=O)Cc3cccc(C(=O)ON4C(=O)CCC4=O)c3)CC1CCC1C2CC(O)[C@]2(C)C(C3=CC(=O)OC3)CCC12O. The van der Waals surface area contributed by atoms with Crippen molar-refractivity contribution < 1.29 is 48.6 Å². The molecule has 1 aromatic carbocycles. The van der Waals surface area contributed by atoms with E-state index in [0.29, 0.717) is 35.8 Å². The molecule has 1 aromatic rings. The summed E-state index contributed by atoms with van der Waals surface area (Å²) < 4.78 is 5.21. The second-order valence-corrected chi connectivity index (χ2v) is 15.4. The Balaban J connectivity index is 0.946. The Morgan fingerprint density at radius 3 is 2.55 bits per heavy atom. The van der Waals surface area contributed by atoms with E-state index in [-0.39, 0.29) is 73.0 Å². The highest BCUT2D eigenvalue weighted by atomic mass is 16.7. The highest BCUT2D eigenvalue weighted by Gasteiger charge is 2.70. The van der Waals surface area contributed by atoms with Gasteiger partial charge in [-0.05, 0) is 104 Å². The van der Waals surface area contributed by atoms with Gasteiger partial charge in [-0.2, -0.15) is 0 Å². The molecular formula is C37H44N2O10. The molecule has 262 valence electrons. The van der Waals surface area contributed by atoms with Crippen molar-refractivity contribution in [2.75, 3.05) is 13.2 Å². The lowest BCUT2D eigenvalue weighted by atomic mass is 9.42. The van der Waals surface area contributed by atoms with Crippen molar-refractivity contribution in [3.8, 4) is 0 Å². The third-order valence-electron chi connectivity index (χ3n) is 13.1. The number of esters is 1. The van der Waals surface area contributed by atoms with Gasteiger partial charge in [0.25, 0.3) is 11.8 Å². The quantitative estimate of drug-likeness (QED) is 0.236. The number of amides is 2. The minimum atomic E-state index is -1.02. The maximum Gasteiger partial charge on any atom is 0.363 e. The number of imide groups is 1. The molecule has 0 bridgehead atoms. The van der Waals surface area contributed by atoms with E-state index >= 15 is 0 Å². The summed E-state index contributed by atoms with van der Waals surface area (Å²) in [6.45, 7) is 4.33. The van der Waals surface area contributed by atoms with Crippen molar-refractivity contribution in [2.45, 2.75) is 96.2 Å². The zero-order valence-corrected chi connectivity index (χ0v) is 28.0. The predicted octanol–water partition coefficient (Wildman–Crippen LogP) is 3.62. The Morgan fingerprint density at radius 1 is 1.04 bits per heavy atom. The molecule has 49 heavy (non-hydrogen) atoms. The molecule has 4 saturated carbocycles. The van der Waals surface area contributed by atoms with Crippen LogP contribution >= 0.6 is 0 Å². The number of cyclic esters (lactones) is 1. The van der Waals surface area contributed by atoms with E-state index in [1.54, 1.807) is 18.2 Å². The number of hydrogen-bond donors (Lipinski definition) is 2. The van der Waals surface area contributed by atoms with Crippen LogP contribution in [0.5, 0.6) is 0 Å². The monoisotopic (exact) mass is 676 g/mol. The lowest BCUT2D eigenvalue weighted by Crippen LogP contribution is -2.66. The maximum atomic E-state index is 12.8. The second-order valence-electron chi connectivity index (χ2n) is 15.4. The van der Waals surface area contributed by atoms with Crippen LogP contribution in [0.2, 0.25) is 0 Å². The minimum Gasteiger partial charge on any atom is -0.458 e. The van der Waals surface area contributed by atoms with Crippen molar-refractivity contribution in [3.63, 3.8) is 0 Å². The molecule has 0 spiro atoms. The fraction of sp³-hybridized carbons (Fsp3) is 0.622. The summed E-state index contributed by atoms with van der Waals surface area (Å²) in [6, 6.07) is 6.27. The first-order valence-corrected chi connectivity index (χ1v) is 17.5. The molecule has 6 aliphatic rings. The van der Waals surface area contributed by atoms with E-state index in [1.165, 1.54) is 12.1 Å². The number of hydrogen-bond acceptors (Lipinski definition) is 11. The van der Waals surface area contributed by atoms with E-state index in [1.807, 2.05) is 6.92 Å². The summed E-state index contributed by atoms with van der Waals surface area (Å²) in [4.78, 5) is 71.2. The zero-order chi connectivity index (χ0) is 34.7.